The van der Waals surface area contributed by atoms with Crippen LogP contribution in [0.5, 0.6) is 0 Å². The number of nitrogens with one attached hydrogen (secondary N) is 1. The summed E-state index contributed by atoms with van der Waals surface area (Å²) in [6, 6.07) is 14.7. The fraction of sp³-hybridized carbons (Fsp3) is 0.111. The third-order valence-corrected chi connectivity index (χ3v) is 5.18. The molecule has 1 amide bonds. The molecule has 0 atom stereocenters. The Bertz CT molecular complexity index is 951. The second-order valence-electron chi connectivity index (χ2n) is 5.38. The SMILES string of the molecule is O=C(NCc1ccncc1)c1ccc(CS(=O)(=O)c2ccccc2)o1. The van der Waals surface area contributed by atoms with Gasteiger partial charge in [-0.05, 0) is 42.0 Å². The van der Waals surface area contributed by atoms with Crippen molar-refractivity contribution in [1.29, 1.82) is 0 Å². The molecule has 0 saturated heterocycles. The van der Waals surface area contributed by atoms with Crippen LogP contribution in [0.4, 0.5) is 0 Å². The van der Waals surface area contributed by atoms with Crippen molar-refractivity contribution in [1.82, 2.24) is 10.3 Å². The number of nitrogens with zero attached hydrogens (tertiary/aromatic N) is 1. The van der Waals surface area contributed by atoms with E-state index in [-0.39, 0.29) is 22.2 Å². The monoisotopic (exact) mass is 356 g/mol. The Morgan fingerprint density at radius 3 is 2.44 bits per heavy atom. The van der Waals surface area contributed by atoms with E-state index in [9.17, 15) is 13.2 Å². The summed E-state index contributed by atoms with van der Waals surface area (Å²) in [5.41, 5.74) is 0.904. The zero-order chi connectivity index (χ0) is 17.7. The lowest BCUT2D eigenvalue weighted by molar-refractivity contribution is 0.0921. The van der Waals surface area contributed by atoms with Gasteiger partial charge in [0.05, 0.1) is 4.90 Å². The van der Waals surface area contributed by atoms with Crippen LogP contribution in [-0.4, -0.2) is 19.3 Å². The molecule has 3 rings (SSSR count). The Kier molecular flexibility index (Phi) is 4.95. The van der Waals surface area contributed by atoms with Gasteiger partial charge in [0.15, 0.2) is 15.6 Å². The number of furan rings is 1. The molecule has 1 N–H and O–H groups in total. The summed E-state index contributed by atoms with van der Waals surface area (Å²) in [6.07, 6.45) is 3.28. The fourth-order valence-electron chi connectivity index (χ4n) is 2.25. The number of aromatic nitrogens is 1. The van der Waals surface area contributed by atoms with Crippen molar-refractivity contribution >= 4 is 15.7 Å². The molecule has 25 heavy (non-hydrogen) atoms. The molecule has 0 bridgehead atoms. The van der Waals surface area contributed by atoms with Gasteiger partial charge >= 0.3 is 0 Å². The predicted molar refractivity (Wildman–Crippen MR) is 91.4 cm³/mol. The van der Waals surface area contributed by atoms with E-state index in [2.05, 4.69) is 10.3 Å². The Morgan fingerprint density at radius 1 is 1.00 bits per heavy atom. The van der Waals surface area contributed by atoms with Gasteiger partial charge in [-0.3, -0.25) is 9.78 Å². The van der Waals surface area contributed by atoms with Crippen molar-refractivity contribution in [3.05, 3.63) is 84.1 Å². The Labute approximate surface area is 145 Å². The maximum Gasteiger partial charge on any atom is 0.287 e. The van der Waals surface area contributed by atoms with E-state index in [1.54, 1.807) is 42.7 Å². The third kappa shape index (κ3) is 4.33. The topological polar surface area (TPSA) is 89.3 Å². The van der Waals surface area contributed by atoms with Crippen molar-refractivity contribution in [2.24, 2.45) is 0 Å². The Hall–Kier alpha value is -2.93. The van der Waals surface area contributed by atoms with Gasteiger partial charge in [-0.2, -0.15) is 0 Å². The van der Waals surface area contributed by atoms with Crippen LogP contribution in [0.15, 0.2) is 76.3 Å². The van der Waals surface area contributed by atoms with Crippen molar-refractivity contribution < 1.29 is 17.6 Å². The van der Waals surface area contributed by atoms with E-state index in [1.807, 2.05) is 0 Å². The van der Waals surface area contributed by atoms with E-state index in [1.165, 1.54) is 24.3 Å². The van der Waals surface area contributed by atoms with Gasteiger partial charge in [0, 0.05) is 18.9 Å². The number of hydrogen-bond acceptors (Lipinski definition) is 5. The van der Waals surface area contributed by atoms with Crippen LogP contribution in [0, 0.1) is 0 Å². The molecule has 2 aromatic heterocycles. The lowest BCUT2D eigenvalue weighted by Gasteiger charge is -2.03. The molecular weight excluding hydrogens is 340 g/mol. The van der Waals surface area contributed by atoms with Gasteiger partial charge in [0.1, 0.15) is 11.5 Å². The second kappa shape index (κ2) is 7.31. The molecule has 3 aromatic rings. The van der Waals surface area contributed by atoms with Crippen LogP contribution < -0.4 is 5.32 Å². The molecule has 0 unspecified atom stereocenters. The van der Waals surface area contributed by atoms with E-state index >= 15 is 0 Å². The highest BCUT2D eigenvalue weighted by atomic mass is 32.2. The minimum absolute atomic E-state index is 0.0762. The molecule has 2 heterocycles. The molecule has 0 aliphatic carbocycles. The standard InChI is InChI=1S/C18H16N2O4S/c21-18(20-12-14-8-10-19-11-9-14)17-7-6-15(24-17)13-25(22,23)16-4-2-1-3-5-16/h1-11H,12-13H2,(H,20,21). The number of rotatable bonds is 6. The van der Waals surface area contributed by atoms with Crippen LogP contribution in [-0.2, 0) is 22.1 Å². The summed E-state index contributed by atoms with van der Waals surface area (Å²) in [7, 11) is -3.51. The fourth-order valence-corrected chi connectivity index (χ4v) is 3.51. The normalized spacial score (nSPS) is 11.2. The highest BCUT2D eigenvalue weighted by Crippen LogP contribution is 2.18. The number of hydrogen-bond donors (Lipinski definition) is 1. The van der Waals surface area contributed by atoms with Gasteiger partial charge < -0.3 is 9.73 Å². The maximum absolute atomic E-state index is 12.3. The van der Waals surface area contributed by atoms with Gasteiger partial charge in [-0.25, -0.2) is 8.42 Å². The average Bonchev–Trinajstić information content (AvgIpc) is 3.09. The van der Waals surface area contributed by atoms with Gasteiger partial charge in [0.2, 0.25) is 0 Å². The molecule has 0 aliphatic heterocycles. The van der Waals surface area contributed by atoms with E-state index in [4.69, 9.17) is 4.42 Å². The first-order valence-corrected chi connectivity index (χ1v) is 9.23. The third-order valence-electron chi connectivity index (χ3n) is 3.52. The molecule has 0 aliphatic rings. The molecule has 128 valence electrons. The van der Waals surface area contributed by atoms with Crippen LogP contribution in [0.2, 0.25) is 0 Å². The summed E-state index contributed by atoms with van der Waals surface area (Å²) in [5.74, 6) is -0.403. The molecule has 1 aromatic carbocycles. The van der Waals surface area contributed by atoms with Crippen molar-refractivity contribution in [3.63, 3.8) is 0 Å². The van der Waals surface area contributed by atoms with E-state index < -0.39 is 15.7 Å². The number of carbonyl (C=O) groups is 1. The Morgan fingerprint density at radius 2 is 1.72 bits per heavy atom. The van der Waals surface area contributed by atoms with Gasteiger partial charge in [-0.1, -0.05) is 18.2 Å². The van der Waals surface area contributed by atoms with Crippen molar-refractivity contribution in [2.45, 2.75) is 17.2 Å². The highest BCUT2D eigenvalue weighted by molar-refractivity contribution is 7.90. The zero-order valence-electron chi connectivity index (χ0n) is 13.3. The predicted octanol–water partition coefficient (Wildman–Crippen LogP) is 2.58. The maximum atomic E-state index is 12.3. The van der Waals surface area contributed by atoms with Crippen LogP contribution in [0.1, 0.15) is 21.9 Å². The summed E-state index contributed by atoms with van der Waals surface area (Å²) in [4.78, 5) is 16.2. The van der Waals surface area contributed by atoms with Crippen LogP contribution in [0.25, 0.3) is 0 Å². The zero-order valence-corrected chi connectivity index (χ0v) is 14.1. The summed E-state index contributed by atoms with van der Waals surface area (Å²) in [5, 5.41) is 2.71. The van der Waals surface area contributed by atoms with Crippen molar-refractivity contribution in [2.75, 3.05) is 0 Å². The van der Waals surface area contributed by atoms with Crippen LogP contribution in [0.3, 0.4) is 0 Å². The molecule has 7 heteroatoms. The minimum Gasteiger partial charge on any atom is -0.455 e. The quantitative estimate of drug-likeness (QED) is 0.733. The highest BCUT2D eigenvalue weighted by Gasteiger charge is 2.19. The number of sulfone groups is 1. The molecule has 0 fully saturated rings. The first-order chi connectivity index (χ1) is 12.0. The number of pyridine rings is 1. The first-order valence-electron chi connectivity index (χ1n) is 7.58. The van der Waals surface area contributed by atoms with Gasteiger partial charge in [0.25, 0.3) is 5.91 Å². The molecule has 0 saturated carbocycles. The average molecular weight is 356 g/mol. The van der Waals surface area contributed by atoms with E-state index in [0.29, 0.717) is 6.54 Å². The number of benzene rings is 1. The largest absolute Gasteiger partial charge is 0.455 e. The van der Waals surface area contributed by atoms with Crippen LogP contribution >= 0.6 is 0 Å². The minimum atomic E-state index is -3.51. The summed E-state index contributed by atoms with van der Waals surface area (Å²) < 4.78 is 30.0. The lowest BCUT2D eigenvalue weighted by Crippen LogP contribution is -2.22. The number of amides is 1. The summed E-state index contributed by atoms with van der Waals surface area (Å²) >= 11 is 0. The van der Waals surface area contributed by atoms with E-state index in [0.717, 1.165) is 5.56 Å². The Balaban J connectivity index is 1.65. The summed E-state index contributed by atoms with van der Waals surface area (Å²) in [6.45, 7) is 0.333. The smallest absolute Gasteiger partial charge is 0.287 e. The van der Waals surface area contributed by atoms with Gasteiger partial charge in [-0.15, -0.1) is 0 Å². The first kappa shape index (κ1) is 16.9. The molecular formula is C18H16N2O4S. The molecule has 0 radical (unpaired) electrons. The molecule has 0 spiro atoms. The molecule has 6 nitrogen and oxygen atoms in total. The lowest BCUT2D eigenvalue weighted by atomic mass is 10.2. The number of carbonyl (C=O) groups excluding carboxylic acids is 1. The van der Waals surface area contributed by atoms with Crippen molar-refractivity contribution in [3.8, 4) is 0 Å². The second-order valence-corrected chi connectivity index (χ2v) is 7.37.